The van der Waals surface area contributed by atoms with Gasteiger partial charge in [-0.15, -0.1) is 11.8 Å². The Labute approximate surface area is 143 Å². The highest BCUT2D eigenvalue weighted by molar-refractivity contribution is 8.01. The van der Waals surface area contributed by atoms with Crippen LogP contribution in [0.25, 0.3) is 0 Å². The molecule has 1 atom stereocenters. The molecule has 118 valence electrons. The van der Waals surface area contributed by atoms with E-state index in [1.807, 2.05) is 36.4 Å². The Morgan fingerprint density at radius 2 is 2.00 bits per heavy atom. The van der Waals surface area contributed by atoms with Gasteiger partial charge in [-0.25, -0.2) is 0 Å². The van der Waals surface area contributed by atoms with Gasteiger partial charge in [-0.3, -0.25) is 9.59 Å². The molecule has 0 aliphatic carbocycles. The van der Waals surface area contributed by atoms with Crippen molar-refractivity contribution >= 4 is 40.9 Å². The van der Waals surface area contributed by atoms with Gasteiger partial charge in [0.05, 0.1) is 10.9 Å². The van der Waals surface area contributed by atoms with Crippen LogP contribution in [-0.4, -0.2) is 17.1 Å². The predicted octanol–water partition coefficient (Wildman–Crippen LogP) is 3.46. The van der Waals surface area contributed by atoms with Gasteiger partial charge in [-0.05, 0) is 23.8 Å². The van der Waals surface area contributed by atoms with Crippen LogP contribution in [0.15, 0.2) is 53.4 Å². The van der Waals surface area contributed by atoms with Crippen LogP contribution in [0, 0.1) is 0 Å². The lowest BCUT2D eigenvalue weighted by Gasteiger charge is -2.23. The number of halogens is 1. The van der Waals surface area contributed by atoms with E-state index in [0.29, 0.717) is 17.3 Å². The fourth-order valence-corrected chi connectivity index (χ4v) is 3.56. The lowest BCUT2D eigenvalue weighted by molar-refractivity contribution is -0.124. The molecule has 2 aromatic rings. The summed E-state index contributed by atoms with van der Waals surface area (Å²) in [6, 6.07) is 15.0. The van der Waals surface area contributed by atoms with Gasteiger partial charge in [0.15, 0.2) is 0 Å². The summed E-state index contributed by atoms with van der Waals surface area (Å²) >= 11 is 7.31. The van der Waals surface area contributed by atoms with Crippen molar-refractivity contribution in [2.75, 3.05) is 5.32 Å². The summed E-state index contributed by atoms with van der Waals surface area (Å²) in [5.74, 6) is -0.307. The molecule has 23 heavy (non-hydrogen) atoms. The summed E-state index contributed by atoms with van der Waals surface area (Å²) in [5.41, 5.74) is 1.73. The zero-order valence-corrected chi connectivity index (χ0v) is 13.8. The number of anilines is 1. The highest BCUT2D eigenvalue weighted by Crippen LogP contribution is 2.38. The van der Waals surface area contributed by atoms with E-state index in [1.54, 1.807) is 12.1 Å². The number of amides is 2. The molecule has 2 N–H and O–H groups in total. The minimum Gasteiger partial charge on any atom is -0.352 e. The molecule has 0 saturated carbocycles. The molecule has 4 nitrogen and oxygen atoms in total. The molecule has 2 amide bonds. The van der Waals surface area contributed by atoms with Crippen LogP contribution in [0.3, 0.4) is 0 Å². The SMILES string of the molecule is O=C(CC1Sc2ccc(Cl)cc2NC1=O)NCc1ccccc1. The molecule has 0 spiro atoms. The zero-order valence-electron chi connectivity index (χ0n) is 12.2. The maximum atomic E-state index is 12.1. The van der Waals surface area contributed by atoms with Crippen molar-refractivity contribution in [2.45, 2.75) is 23.1 Å². The van der Waals surface area contributed by atoms with Crippen molar-refractivity contribution in [3.05, 3.63) is 59.1 Å². The first-order valence-electron chi connectivity index (χ1n) is 7.19. The summed E-state index contributed by atoms with van der Waals surface area (Å²) in [7, 11) is 0. The first-order chi connectivity index (χ1) is 11.1. The van der Waals surface area contributed by atoms with E-state index in [1.165, 1.54) is 11.8 Å². The van der Waals surface area contributed by atoms with Crippen LogP contribution in [-0.2, 0) is 16.1 Å². The Kier molecular flexibility index (Phi) is 4.88. The normalized spacial score (nSPS) is 16.4. The van der Waals surface area contributed by atoms with Gasteiger partial charge in [-0.2, -0.15) is 0 Å². The Morgan fingerprint density at radius 1 is 1.22 bits per heavy atom. The third-order valence-corrected chi connectivity index (χ3v) is 4.97. The Balaban J connectivity index is 1.58. The molecule has 1 unspecified atom stereocenters. The number of carbonyl (C=O) groups is 2. The molecule has 6 heteroatoms. The van der Waals surface area contributed by atoms with E-state index in [9.17, 15) is 9.59 Å². The smallest absolute Gasteiger partial charge is 0.238 e. The molecule has 2 aromatic carbocycles. The summed E-state index contributed by atoms with van der Waals surface area (Å²) in [5, 5.41) is 5.79. The third kappa shape index (κ3) is 4.06. The number of thioether (sulfide) groups is 1. The Hall–Kier alpha value is -1.98. The van der Waals surface area contributed by atoms with Crippen LogP contribution in [0.1, 0.15) is 12.0 Å². The van der Waals surface area contributed by atoms with Crippen molar-refractivity contribution in [3.8, 4) is 0 Å². The second-order valence-corrected chi connectivity index (χ2v) is 6.88. The fourth-order valence-electron chi connectivity index (χ4n) is 2.29. The van der Waals surface area contributed by atoms with Crippen molar-refractivity contribution in [1.29, 1.82) is 0 Å². The number of benzene rings is 2. The minimum absolute atomic E-state index is 0.140. The van der Waals surface area contributed by atoms with Gasteiger partial charge >= 0.3 is 0 Å². The van der Waals surface area contributed by atoms with Crippen LogP contribution < -0.4 is 10.6 Å². The standard InChI is InChI=1S/C17H15ClN2O2S/c18-12-6-7-14-13(8-12)20-17(22)15(23-14)9-16(21)19-10-11-4-2-1-3-5-11/h1-8,15H,9-10H2,(H,19,21)(H,20,22). The van der Waals surface area contributed by atoms with E-state index in [-0.39, 0.29) is 18.2 Å². The highest BCUT2D eigenvalue weighted by atomic mass is 35.5. The van der Waals surface area contributed by atoms with E-state index in [0.717, 1.165) is 10.5 Å². The van der Waals surface area contributed by atoms with Crippen LogP contribution >= 0.6 is 23.4 Å². The Bertz CT molecular complexity index is 737. The maximum absolute atomic E-state index is 12.1. The Morgan fingerprint density at radius 3 is 2.78 bits per heavy atom. The molecule has 0 aromatic heterocycles. The van der Waals surface area contributed by atoms with Gasteiger partial charge in [0.2, 0.25) is 11.8 Å². The van der Waals surface area contributed by atoms with Gasteiger partial charge in [0.25, 0.3) is 0 Å². The quantitative estimate of drug-likeness (QED) is 0.891. The van der Waals surface area contributed by atoms with Gasteiger partial charge in [0.1, 0.15) is 0 Å². The highest BCUT2D eigenvalue weighted by Gasteiger charge is 2.29. The first kappa shape index (κ1) is 15.9. The molecular formula is C17H15ClN2O2S. The number of rotatable bonds is 4. The van der Waals surface area contributed by atoms with E-state index in [2.05, 4.69) is 10.6 Å². The molecule has 1 aliphatic heterocycles. The summed E-state index contributed by atoms with van der Waals surface area (Å²) < 4.78 is 0. The second-order valence-electron chi connectivity index (χ2n) is 5.20. The second kappa shape index (κ2) is 7.06. The fraction of sp³-hybridized carbons (Fsp3) is 0.176. The molecule has 1 aliphatic rings. The molecule has 0 radical (unpaired) electrons. The van der Waals surface area contributed by atoms with E-state index >= 15 is 0 Å². The summed E-state index contributed by atoms with van der Waals surface area (Å²) in [4.78, 5) is 25.1. The van der Waals surface area contributed by atoms with Crippen LogP contribution in [0.5, 0.6) is 0 Å². The number of fused-ring (bicyclic) bond motifs is 1. The number of carbonyl (C=O) groups excluding carboxylic acids is 2. The van der Waals surface area contributed by atoms with Crippen LogP contribution in [0.2, 0.25) is 5.02 Å². The van der Waals surface area contributed by atoms with E-state index in [4.69, 9.17) is 11.6 Å². The summed E-state index contributed by atoms with van der Waals surface area (Å²) in [6.45, 7) is 0.463. The largest absolute Gasteiger partial charge is 0.352 e. The van der Waals surface area contributed by atoms with Crippen molar-refractivity contribution in [2.24, 2.45) is 0 Å². The molecule has 0 saturated heterocycles. The van der Waals surface area contributed by atoms with Gasteiger partial charge < -0.3 is 10.6 Å². The zero-order chi connectivity index (χ0) is 16.2. The lowest BCUT2D eigenvalue weighted by Crippen LogP contribution is -2.34. The monoisotopic (exact) mass is 346 g/mol. The van der Waals surface area contributed by atoms with E-state index < -0.39 is 5.25 Å². The number of hydrogen-bond acceptors (Lipinski definition) is 3. The molecule has 0 bridgehead atoms. The third-order valence-electron chi connectivity index (χ3n) is 3.46. The van der Waals surface area contributed by atoms with Gasteiger partial charge in [-0.1, -0.05) is 41.9 Å². The van der Waals surface area contributed by atoms with Gasteiger partial charge in [0, 0.05) is 22.9 Å². The summed E-state index contributed by atoms with van der Waals surface area (Å²) in [6.07, 6.45) is 0.144. The molecule has 1 heterocycles. The molecule has 3 rings (SSSR count). The first-order valence-corrected chi connectivity index (χ1v) is 8.45. The van der Waals surface area contributed by atoms with Crippen molar-refractivity contribution in [3.63, 3.8) is 0 Å². The van der Waals surface area contributed by atoms with Crippen molar-refractivity contribution < 1.29 is 9.59 Å². The molecular weight excluding hydrogens is 332 g/mol. The van der Waals surface area contributed by atoms with Crippen LogP contribution in [0.4, 0.5) is 5.69 Å². The number of nitrogens with one attached hydrogen (secondary N) is 2. The van der Waals surface area contributed by atoms with Crippen molar-refractivity contribution in [1.82, 2.24) is 5.32 Å². The lowest BCUT2D eigenvalue weighted by atomic mass is 10.2. The molecule has 0 fully saturated rings. The average Bonchev–Trinajstić information content (AvgIpc) is 2.55. The topological polar surface area (TPSA) is 58.2 Å². The number of hydrogen-bond donors (Lipinski definition) is 2. The minimum atomic E-state index is -0.431. The maximum Gasteiger partial charge on any atom is 0.238 e. The average molecular weight is 347 g/mol. The predicted molar refractivity (Wildman–Crippen MR) is 92.6 cm³/mol.